The number of aliphatic hydroxyl groups excluding tert-OH is 1. The number of benzene rings is 2. The number of anilines is 1. The van der Waals surface area contributed by atoms with Crippen LogP contribution in [0.5, 0.6) is 11.5 Å². The van der Waals surface area contributed by atoms with Crippen molar-refractivity contribution in [3.05, 3.63) is 53.6 Å². The lowest BCUT2D eigenvalue weighted by atomic mass is 10.1. The summed E-state index contributed by atoms with van der Waals surface area (Å²) in [6.07, 6.45) is 1.61. The minimum Gasteiger partial charge on any atom is -0.493 e. The van der Waals surface area contributed by atoms with Gasteiger partial charge >= 0.3 is 0 Å². The molecule has 0 atom stereocenters. The number of methoxy groups -OCH3 is 1. The fraction of sp³-hybridized carbons (Fsp3) is 0.480. The second kappa shape index (κ2) is 12.3. The number of guanidine groups is 1. The second-order valence-corrected chi connectivity index (χ2v) is 7.94. The van der Waals surface area contributed by atoms with Gasteiger partial charge in [-0.3, -0.25) is 4.90 Å². The van der Waals surface area contributed by atoms with Crippen molar-refractivity contribution in [1.82, 2.24) is 10.2 Å². The Balaban J connectivity index is 1.60. The molecule has 7 heteroatoms. The molecule has 1 aliphatic rings. The zero-order valence-electron chi connectivity index (χ0n) is 19.4. The summed E-state index contributed by atoms with van der Waals surface area (Å²) in [5.41, 5.74) is 3.33. The molecule has 7 nitrogen and oxygen atoms in total. The molecule has 174 valence electrons. The molecule has 1 heterocycles. The van der Waals surface area contributed by atoms with E-state index in [1.165, 1.54) is 5.56 Å². The summed E-state index contributed by atoms with van der Waals surface area (Å²) < 4.78 is 11.0. The Labute approximate surface area is 191 Å². The van der Waals surface area contributed by atoms with Crippen LogP contribution in [0.15, 0.2) is 47.5 Å². The minimum absolute atomic E-state index is 0.130. The van der Waals surface area contributed by atoms with E-state index in [-0.39, 0.29) is 6.10 Å². The van der Waals surface area contributed by atoms with Crippen LogP contribution in [-0.2, 0) is 13.1 Å². The largest absolute Gasteiger partial charge is 0.493 e. The summed E-state index contributed by atoms with van der Waals surface area (Å²) in [7, 11) is 1.64. The molecule has 1 aliphatic heterocycles. The number of rotatable bonds is 9. The van der Waals surface area contributed by atoms with Gasteiger partial charge in [0.15, 0.2) is 17.5 Å². The van der Waals surface area contributed by atoms with E-state index in [9.17, 15) is 5.11 Å². The van der Waals surface area contributed by atoms with Crippen LogP contribution in [-0.4, -0.2) is 55.4 Å². The highest BCUT2D eigenvalue weighted by Crippen LogP contribution is 2.30. The zero-order valence-corrected chi connectivity index (χ0v) is 19.4. The zero-order chi connectivity index (χ0) is 22.8. The highest BCUT2D eigenvalue weighted by molar-refractivity contribution is 5.93. The lowest BCUT2D eigenvalue weighted by Crippen LogP contribution is -2.35. The maximum Gasteiger partial charge on any atom is 0.196 e. The molecular weight excluding hydrogens is 404 g/mol. The number of likely N-dealkylation sites (tertiary alicyclic amines) is 1. The Kier molecular flexibility index (Phi) is 9.19. The van der Waals surface area contributed by atoms with E-state index in [4.69, 9.17) is 14.5 Å². The SMILES string of the molecule is CCNC(=NCc1ccc(CN2CCC(O)CC2)cc1)Nc1ccc(OC)c(OCC)c1. The van der Waals surface area contributed by atoms with E-state index >= 15 is 0 Å². The van der Waals surface area contributed by atoms with Gasteiger partial charge in [0, 0.05) is 37.9 Å². The lowest BCUT2D eigenvalue weighted by molar-refractivity contribution is 0.0792. The molecule has 0 saturated carbocycles. The molecule has 0 unspecified atom stereocenters. The summed E-state index contributed by atoms with van der Waals surface area (Å²) in [6, 6.07) is 14.4. The molecule has 32 heavy (non-hydrogen) atoms. The molecule has 0 amide bonds. The molecule has 0 spiro atoms. The standard InChI is InChI=1S/C25H36N4O3/c1-4-26-25(28-21-10-11-23(31-3)24(16-21)32-5-2)27-17-19-6-8-20(9-7-19)18-29-14-12-22(30)13-15-29/h6-11,16,22,30H,4-5,12-15,17-18H2,1-3H3,(H2,26,27,28). The number of ether oxygens (including phenoxy) is 2. The van der Waals surface area contributed by atoms with Gasteiger partial charge in [0.25, 0.3) is 0 Å². The summed E-state index contributed by atoms with van der Waals surface area (Å²) in [4.78, 5) is 7.14. The number of aliphatic hydroxyl groups is 1. The molecule has 1 saturated heterocycles. The normalized spacial score (nSPS) is 15.4. The Hall–Kier alpha value is -2.77. The molecule has 2 aromatic carbocycles. The first-order valence-electron chi connectivity index (χ1n) is 11.5. The van der Waals surface area contributed by atoms with E-state index < -0.39 is 0 Å². The first-order chi connectivity index (χ1) is 15.6. The number of hydrogen-bond donors (Lipinski definition) is 3. The summed E-state index contributed by atoms with van der Waals surface area (Å²) in [5, 5.41) is 16.3. The topological polar surface area (TPSA) is 78.4 Å². The van der Waals surface area contributed by atoms with Crippen LogP contribution in [0.2, 0.25) is 0 Å². The Morgan fingerprint density at radius 3 is 2.44 bits per heavy atom. The number of hydrogen-bond acceptors (Lipinski definition) is 5. The van der Waals surface area contributed by atoms with Crippen molar-refractivity contribution < 1.29 is 14.6 Å². The summed E-state index contributed by atoms with van der Waals surface area (Å²) in [5.74, 6) is 2.13. The van der Waals surface area contributed by atoms with Gasteiger partial charge in [0.2, 0.25) is 0 Å². The van der Waals surface area contributed by atoms with Gasteiger partial charge in [-0.15, -0.1) is 0 Å². The Morgan fingerprint density at radius 1 is 1.06 bits per heavy atom. The van der Waals surface area contributed by atoms with Crippen LogP contribution in [0, 0.1) is 0 Å². The lowest BCUT2D eigenvalue weighted by Gasteiger charge is -2.29. The first kappa shape index (κ1) is 23.9. The fourth-order valence-electron chi connectivity index (χ4n) is 3.72. The van der Waals surface area contributed by atoms with Crippen molar-refractivity contribution in [3.63, 3.8) is 0 Å². The maximum absolute atomic E-state index is 9.66. The fourth-order valence-corrected chi connectivity index (χ4v) is 3.72. The smallest absolute Gasteiger partial charge is 0.196 e. The molecule has 0 aromatic heterocycles. The third-order valence-corrected chi connectivity index (χ3v) is 5.48. The molecule has 0 bridgehead atoms. The van der Waals surface area contributed by atoms with Crippen molar-refractivity contribution in [2.24, 2.45) is 4.99 Å². The van der Waals surface area contributed by atoms with Crippen molar-refractivity contribution in [2.75, 3.05) is 38.7 Å². The van der Waals surface area contributed by atoms with E-state index in [0.29, 0.717) is 24.7 Å². The quantitative estimate of drug-likeness (QED) is 0.408. The van der Waals surface area contributed by atoms with Crippen LogP contribution in [0.1, 0.15) is 37.8 Å². The third-order valence-electron chi connectivity index (χ3n) is 5.48. The third kappa shape index (κ3) is 7.14. The second-order valence-electron chi connectivity index (χ2n) is 7.94. The van der Waals surface area contributed by atoms with E-state index in [2.05, 4.69) is 39.8 Å². The Bertz CT molecular complexity index is 862. The van der Waals surface area contributed by atoms with E-state index in [1.54, 1.807) is 7.11 Å². The molecule has 3 rings (SSSR count). The number of aliphatic imine (C=N–C) groups is 1. The highest BCUT2D eigenvalue weighted by atomic mass is 16.5. The van der Waals surface area contributed by atoms with Crippen LogP contribution in [0.4, 0.5) is 5.69 Å². The number of piperidine rings is 1. The van der Waals surface area contributed by atoms with Crippen LogP contribution < -0.4 is 20.1 Å². The molecule has 2 aromatic rings. The minimum atomic E-state index is -0.130. The van der Waals surface area contributed by atoms with Gasteiger partial charge < -0.3 is 25.2 Å². The highest BCUT2D eigenvalue weighted by Gasteiger charge is 2.16. The van der Waals surface area contributed by atoms with Gasteiger partial charge in [-0.05, 0) is 49.9 Å². The van der Waals surface area contributed by atoms with E-state index in [0.717, 1.165) is 56.2 Å². The average Bonchev–Trinajstić information content (AvgIpc) is 2.80. The van der Waals surface area contributed by atoms with Gasteiger partial charge in [0.05, 0.1) is 26.4 Å². The average molecular weight is 441 g/mol. The van der Waals surface area contributed by atoms with Crippen molar-refractivity contribution >= 4 is 11.6 Å². The van der Waals surface area contributed by atoms with Crippen LogP contribution in [0.25, 0.3) is 0 Å². The predicted molar refractivity (Wildman–Crippen MR) is 130 cm³/mol. The molecule has 0 aliphatic carbocycles. The van der Waals surface area contributed by atoms with Gasteiger partial charge in [-0.2, -0.15) is 0 Å². The van der Waals surface area contributed by atoms with Crippen molar-refractivity contribution in [3.8, 4) is 11.5 Å². The van der Waals surface area contributed by atoms with Gasteiger partial charge in [-0.25, -0.2) is 4.99 Å². The van der Waals surface area contributed by atoms with Crippen molar-refractivity contribution in [2.45, 2.75) is 45.9 Å². The molecule has 1 fully saturated rings. The summed E-state index contributed by atoms with van der Waals surface area (Å²) >= 11 is 0. The summed E-state index contributed by atoms with van der Waals surface area (Å²) in [6.45, 7) is 8.77. The molecule has 0 radical (unpaired) electrons. The molecule has 3 N–H and O–H groups in total. The maximum atomic E-state index is 9.66. The van der Waals surface area contributed by atoms with Crippen LogP contribution >= 0.6 is 0 Å². The number of nitrogens with one attached hydrogen (secondary N) is 2. The predicted octanol–water partition coefficient (Wildman–Crippen LogP) is 3.63. The van der Waals surface area contributed by atoms with Gasteiger partial charge in [0.1, 0.15) is 0 Å². The molecular formula is C25H36N4O3. The van der Waals surface area contributed by atoms with E-state index in [1.807, 2.05) is 32.0 Å². The number of nitrogens with zero attached hydrogens (tertiary/aromatic N) is 2. The Morgan fingerprint density at radius 2 is 1.78 bits per heavy atom. The van der Waals surface area contributed by atoms with Crippen molar-refractivity contribution in [1.29, 1.82) is 0 Å². The van der Waals surface area contributed by atoms with Gasteiger partial charge in [-0.1, -0.05) is 24.3 Å². The van der Waals surface area contributed by atoms with Crippen LogP contribution in [0.3, 0.4) is 0 Å². The first-order valence-corrected chi connectivity index (χ1v) is 11.5. The monoisotopic (exact) mass is 440 g/mol.